The molecule has 0 radical (unpaired) electrons. The highest BCUT2D eigenvalue weighted by Gasteiger charge is 2.21. The number of benzene rings is 1. The van der Waals surface area contributed by atoms with Crippen molar-refractivity contribution in [1.29, 1.82) is 0 Å². The summed E-state index contributed by atoms with van der Waals surface area (Å²) >= 11 is 0. The van der Waals surface area contributed by atoms with Crippen molar-refractivity contribution in [1.82, 2.24) is 5.32 Å². The molecule has 1 amide bonds. The second kappa shape index (κ2) is 5.48. The maximum Gasteiger partial charge on any atom is 0.236 e. The Labute approximate surface area is 113 Å². The summed E-state index contributed by atoms with van der Waals surface area (Å²) < 4.78 is 11.1. The van der Waals surface area contributed by atoms with Crippen LogP contribution in [0.5, 0.6) is 11.5 Å². The number of ether oxygens (including phenoxy) is 2. The van der Waals surface area contributed by atoms with Crippen molar-refractivity contribution in [2.45, 2.75) is 39.0 Å². The number of methoxy groups -OCH3 is 1. The number of nitrogens with two attached hydrogens (primary N) is 1. The normalized spacial score (nSPS) is 18.4. The van der Waals surface area contributed by atoms with E-state index in [0.717, 1.165) is 29.0 Å². The molecule has 0 aromatic heterocycles. The van der Waals surface area contributed by atoms with Gasteiger partial charge >= 0.3 is 0 Å². The average Bonchev–Trinajstić information content (AvgIpc) is 2.73. The zero-order valence-corrected chi connectivity index (χ0v) is 11.5. The second-order valence-corrected chi connectivity index (χ2v) is 4.91. The van der Waals surface area contributed by atoms with Crippen LogP contribution in [0.2, 0.25) is 0 Å². The monoisotopic (exact) mass is 264 g/mol. The Morgan fingerprint density at radius 1 is 1.63 bits per heavy atom. The molecule has 0 saturated heterocycles. The van der Waals surface area contributed by atoms with Crippen molar-refractivity contribution in [2.24, 2.45) is 5.73 Å². The van der Waals surface area contributed by atoms with E-state index in [9.17, 15) is 4.79 Å². The number of rotatable bonds is 4. The number of fused-ring (bicyclic) bond motifs is 1. The van der Waals surface area contributed by atoms with E-state index in [1.165, 1.54) is 0 Å². The third-order valence-corrected chi connectivity index (χ3v) is 3.17. The Balaban J connectivity index is 2.16. The van der Waals surface area contributed by atoms with Crippen LogP contribution >= 0.6 is 0 Å². The molecule has 0 saturated carbocycles. The van der Waals surface area contributed by atoms with Gasteiger partial charge in [0.05, 0.1) is 13.2 Å². The molecule has 1 aromatic carbocycles. The van der Waals surface area contributed by atoms with Gasteiger partial charge in [-0.2, -0.15) is 0 Å². The minimum Gasteiger partial charge on any atom is -0.496 e. The highest BCUT2D eigenvalue weighted by molar-refractivity contribution is 5.81. The summed E-state index contributed by atoms with van der Waals surface area (Å²) in [6.45, 7) is 4.07. The van der Waals surface area contributed by atoms with Crippen molar-refractivity contribution in [3.8, 4) is 11.5 Å². The highest BCUT2D eigenvalue weighted by atomic mass is 16.5. The molecule has 104 valence electrons. The lowest BCUT2D eigenvalue weighted by atomic mass is 10.1. The van der Waals surface area contributed by atoms with E-state index < -0.39 is 6.04 Å². The number of carbonyl (C=O) groups excluding carboxylic acids is 1. The first kappa shape index (κ1) is 13.7. The Morgan fingerprint density at radius 3 is 3.00 bits per heavy atom. The molecule has 1 unspecified atom stereocenters. The Bertz CT molecular complexity index is 486. The second-order valence-electron chi connectivity index (χ2n) is 4.91. The summed E-state index contributed by atoms with van der Waals surface area (Å²) in [5.41, 5.74) is 7.55. The van der Waals surface area contributed by atoms with Crippen LogP contribution in [-0.4, -0.2) is 25.2 Å². The zero-order chi connectivity index (χ0) is 14.0. The predicted molar refractivity (Wildman–Crippen MR) is 72.3 cm³/mol. The molecule has 19 heavy (non-hydrogen) atoms. The van der Waals surface area contributed by atoms with Gasteiger partial charge in [0.2, 0.25) is 5.91 Å². The average molecular weight is 264 g/mol. The van der Waals surface area contributed by atoms with Gasteiger partial charge < -0.3 is 20.5 Å². The lowest BCUT2D eigenvalue weighted by Crippen LogP contribution is -2.37. The standard InChI is InChI=1S/C14H20N2O3/c1-8-4-10-5-12(18-3)11(6-13(10)19-8)7-16-14(17)9(2)15/h5-6,8-9H,4,7,15H2,1-3H3,(H,16,17)/t8?,9-/m1/s1. The van der Waals surface area contributed by atoms with Crippen molar-refractivity contribution in [3.05, 3.63) is 23.3 Å². The van der Waals surface area contributed by atoms with Gasteiger partial charge in [0.15, 0.2) is 0 Å². The molecule has 5 nitrogen and oxygen atoms in total. The van der Waals surface area contributed by atoms with Gasteiger partial charge in [-0.3, -0.25) is 4.79 Å². The first-order valence-corrected chi connectivity index (χ1v) is 6.41. The van der Waals surface area contributed by atoms with Crippen LogP contribution in [0.3, 0.4) is 0 Å². The van der Waals surface area contributed by atoms with E-state index >= 15 is 0 Å². The van der Waals surface area contributed by atoms with Crippen LogP contribution < -0.4 is 20.5 Å². The van der Waals surface area contributed by atoms with Gasteiger partial charge in [-0.1, -0.05) is 0 Å². The quantitative estimate of drug-likeness (QED) is 0.850. The largest absolute Gasteiger partial charge is 0.496 e. The molecule has 1 aromatic rings. The smallest absolute Gasteiger partial charge is 0.236 e. The summed E-state index contributed by atoms with van der Waals surface area (Å²) in [6.07, 6.45) is 1.08. The van der Waals surface area contributed by atoms with Gasteiger partial charge in [-0.05, 0) is 26.0 Å². The Kier molecular flexibility index (Phi) is 3.95. The van der Waals surface area contributed by atoms with E-state index in [-0.39, 0.29) is 12.0 Å². The molecule has 0 fully saturated rings. The van der Waals surface area contributed by atoms with Crippen LogP contribution in [0, 0.1) is 0 Å². The number of amides is 1. The van der Waals surface area contributed by atoms with E-state index in [1.54, 1.807) is 14.0 Å². The fourth-order valence-electron chi connectivity index (χ4n) is 2.15. The van der Waals surface area contributed by atoms with Gasteiger partial charge in [-0.25, -0.2) is 0 Å². The fourth-order valence-corrected chi connectivity index (χ4v) is 2.15. The summed E-state index contributed by atoms with van der Waals surface area (Å²) in [7, 11) is 1.62. The van der Waals surface area contributed by atoms with Crippen molar-refractivity contribution >= 4 is 5.91 Å². The molecular formula is C14H20N2O3. The molecule has 5 heteroatoms. The molecule has 2 rings (SSSR count). The van der Waals surface area contributed by atoms with E-state index in [0.29, 0.717) is 6.54 Å². The van der Waals surface area contributed by atoms with Crippen LogP contribution in [0.25, 0.3) is 0 Å². The van der Waals surface area contributed by atoms with E-state index in [4.69, 9.17) is 15.2 Å². The van der Waals surface area contributed by atoms with Gasteiger partial charge in [0.1, 0.15) is 17.6 Å². The molecule has 0 bridgehead atoms. The molecule has 1 aliphatic rings. The highest BCUT2D eigenvalue weighted by Crippen LogP contribution is 2.34. The minimum atomic E-state index is -0.517. The summed E-state index contributed by atoms with van der Waals surface area (Å²) in [5, 5.41) is 2.78. The van der Waals surface area contributed by atoms with Crippen LogP contribution in [0.15, 0.2) is 12.1 Å². The summed E-state index contributed by atoms with van der Waals surface area (Å²) in [5.74, 6) is 1.46. The number of carbonyl (C=O) groups is 1. The number of hydrogen-bond donors (Lipinski definition) is 2. The van der Waals surface area contributed by atoms with Gasteiger partial charge in [-0.15, -0.1) is 0 Å². The first-order chi connectivity index (χ1) is 9.01. The molecule has 1 aliphatic heterocycles. The molecule has 0 aliphatic carbocycles. The number of hydrogen-bond acceptors (Lipinski definition) is 4. The topological polar surface area (TPSA) is 73.6 Å². The molecule has 1 heterocycles. The minimum absolute atomic E-state index is 0.183. The summed E-state index contributed by atoms with van der Waals surface area (Å²) in [4.78, 5) is 11.5. The van der Waals surface area contributed by atoms with Crippen molar-refractivity contribution in [2.75, 3.05) is 7.11 Å². The van der Waals surface area contributed by atoms with Crippen LogP contribution in [0.1, 0.15) is 25.0 Å². The molecular weight excluding hydrogens is 244 g/mol. The lowest BCUT2D eigenvalue weighted by molar-refractivity contribution is -0.122. The SMILES string of the molecule is COc1cc2c(cc1CNC(=O)[C@@H](C)N)OC(C)C2. The first-order valence-electron chi connectivity index (χ1n) is 6.41. The predicted octanol–water partition coefficient (Wildman–Crippen LogP) is 0.982. The molecule has 3 N–H and O–H groups in total. The van der Waals surface area contributed by atoms with Crippen molar-refractivity contribution < 1.29 is 14.3 Å². The van der Waals surface area contributed by atoms with Crippen LogP contribution in [-0.2, 0) is 17.8 Å². The maximum absolute atomic E-state index is 11.5. The summed E-state index contributed by atoms with van der Waals surface area (Å²) in [6, 6.07) is 3.39. The van der Waals surface area contributed by atoms with E-state index in [1.807, 2.05) is 19.1 Å². The number of nitrogens with one attached hydrogen (secondary N) is 1. The zero-order valence-electron chi connectivity index (χ0n) is 11.5. The Hall–Kier alpha value is -1.75. The van der Waals surface area contributed by atoms with Crippen LogP contribution in [0.4, 0.5) is 0 Å². The molecule has 0 spiro atoms. The van der Waals surface area contributed by atoms with Gasteiger partial charge in [0, 0.05) is 24.1 Å². The van der Waals surface area contributed by atoms with E-state index in [2.05, 4.69) is 5.32 Å². The van der Waals surface area contributed by atoms with Gasteiger partial charge in [0.25, 0.3) is 0 Å². The van der Waals surface area contributed by atoms with Crippen molar-refractivity contribution in [3.63, 3.8) is 0 Å². The lowest BCUT2D eigenvalue weighted by Gasteiger charge is -2.13. The Morgan fingerprint density at radius 2 is 2.37 bits per heavy atom. The third-order valence-electron chi connectivity index (χ3n) is 3.17. The fraction of sp³-hybridized carbons (Fsp3) is 0.500. The molecule has 2 atom stereocenters. The third kappa shape index (κ3) is 2.98. The maximum atomic E-state index is 11.5.